The van der Waals surface area contributed by atoms with E-state index in [4.69, 9.17) is 4.42 Å². The van der Waals surface area contributed by atoms with Gasteiger partial charge in [0.1, 0.15) is 10.6 Å². The molecular formula is C22H20N6O4. The smallest absolute Gasteiger partial charge is 0.395 e. The number of rotatable bonds is 5. The van der Waals surface area contributed by atoms with Gasteiger partial charge in [0, 0.05) is 55.4 Å². The Labute approximate surface area is 182 Å². The summed E-state index contributed by atoms with van der Waals surface area (Å²) in [6.07, 6.45) is 3.85. The number of hydrogen-bond acceptors (Lipinski definition) is 7. The minimum atomic E-state index is -0.686. The Balaban J connectivity index is 1.33. The van der Waals surface area contributed by atoms with Gasteiger partial charge in [0.2, 0.25) is 0 Å². The molecule has 0 radical (unpaired) electrons. The molecule has 3 aromatic heterocycles. The molecule has 1 aliphatic heterocycles. The van der Waals surface area contributed by atoms with E-state index in [0.717, 1.165) is 54.8 Å². The van der Waals surface area contributed by atoms with Crippen LogP contribution in [0.1, 0.15) is 10.6 Å². The summed E-state index contributed by atoms with van der Waals surface area (Å²) in [6, 6.07) is 13.9. The third-order valence-electron chi connectivity index (χ3n) is 5.41. The SMILES string of the molecule is O=C(Nc1ccc(-c2cnc3cc(N4CCNCC4)ccn23)cc1)c1ccc([N+](=O)[O-])o1. The summed E-state index contributed by atoms with van der Waals surface area (Å²) < 4.78 is 6.96. The van der Waals surface area contributed by atoms with Crippen molar-refractivity contribution in [3.63, 3.8) is 0 Å². The van der Waals surface area contributed by atoms with Crippen molar-refractivity contribution in [3.05, 3.63) is 76.8 Å². The highest BCUT2D eigenvalue weighted by Crippen LogP contribution is 2.26. The van der Waals surface area contributed by atoms with E-state index >= 15 is 0 Å². The summed E-state index contributed by atoms with van der Waals surface area (Å²) in [6.45, 7) is 3.90. The fourth-order valence-electron chi connectivity index (χ4n) is 3.77. The van der Waals surface area contributed by atoms with E-state index in [1.54, 1.807) is 12.1 Å². The van der Waals surface area contributed by atoms with Crippen LogP contribution in [0.2, 0.25) is 0 Å². The number of imidazole rings is 1. The van der Waals surface area contributed by atoms with E-state index in [0.29, 0.717) is 5.69 Å². The lowest BCUT2D eigenvalue weighted by molar-refractivity contribution is -0.402. The van der Waals surface area contributed by atoms with Crippen molar-refractivity contribution >= 4 is 28.8 Å². The van der Waals surface area contributed by atoms with Gasteiger partial charge < -0.3 is 20.0 Å². The minimum Gasteiger partial charge on any atom is -0.395 e. The van der Waals surface area contributed by atoms with Crippen LogP contribution in [0.5, 0.6) is 0 Å². The molecule has 1 aromatic carbocycles. The van der Waals surface area contributed by atoms with Gasteiger partial charge in [-0.15, -0.1) is 0 Å². The first kappa shape index (κ1) is 19.8. The van der Waals surface area contributed by atoms with Crippen LogP contribution in [0.25, 0.3) is 16.9 Å². The maximum absolute atomic E-state index is 12.3. The molecule has 4 aromatic rings. The predicted octanol–water partition coefficient (Wildman–Crippen LogP) is 3.16. The average Bonchev–Trinajstić information content (AvgIpc) is 3.48. The van der Waals surface area contributed by atoms with Gasteiger partial charge in [0.25, 0.3) is 5.91 Å². The van der Waals surface area contributed by atoms with E-state index < -0.39 is 16.7 Å². The molecule has 10 heteroatoms. The van der Waals surface area contributed by atoms with Crippen molar-refractivity contribution in [1.82, 2.24) is 14.7 Å². The number of aromatic nitrogens is 2. The van der Waals surface area contributed by atoms with Gasteiger partial charge in [-0.3, -0.25) is 19.3 Å². The molecule has 162 valence electrons. The Morgan fingerprint density at radius 2 is 1.91 bits per heavy atom. The van der Waals surface area contributed by atoms with E-state index in [1.807, 2.05) is 28.9 Å². The topological polar surface area (TPSA) is 118 Å². The Kier molecular flexibility index (Phi) is 5.04. The quantitative estimate of drug-likeness (QED) is 0.367. The molecule has 1 aliphatic rings. The largest absolute Gasteiger partial charge is 0.433 e. The predicted molar refractivity (Wildman–Crippen MR) is 119 cm³/mol. The normalized spacial score (nSPS) is 13.9. The van der Waals surface area contributed by atoms with Crippen LogP contribution in [0.4, 0.5) is 17.3 Å². The fraction of sp³-hybridized carbons (Fsp3) is 0.182. The summed E-state index contributed by atoms with van der Waals surface area (Å²) in [5.41, 5.74) is 4.46. The molecule has 32 heavy (non-hydrogen) atoms. The molecule has 4 heterocycles. The summed E-state index contributed by atoms with van der Waals surface area (Å²) in [7, 11) is 0. The maximum Gasteiger partial charge on any atom is 0.433 e. The number of nitrogens with one attached hydrogen (secondary N) is 2. The number of furan rings is 1. The average molecular weight is 432 g/mol. The zero-order valence-electron chi connectivity index (χ0n) is 17.0. The van der Waals surface area contributed by atoms with Crippen molar-refractivity contribution in [3.8, 4) is 11.3 Å². The maximum atomic E-state index is 12.3. The van der Waals surface area contributed by atoms with Crippen LogP contribution in [0, 0.1) is 10.1 Å². The highest BCUT2D eigenvalue weighted by Gasteiger charge is 2.17. The number of fused-ring (bicyclic) bond motifs is 1. The molecule has 0 bridgehead atoms. The number of nitrogens with zero attached hydrogens (tertiary/aromatic N) is 4. The number of pyridine rings is 1. The van der Waals surface area contributed by atoms with Gasteiger partial charge in [-0.05, 0) is 24.3 Å². The Hall–Kier alpha value is -4.18. The Morgan fingerprint density at radius 3 is 2.62 bits per heavy atom. The van der Waals surface area contributed by atoms with Crippen LogP contribution in [-0.2, 0) is 0 Å². The van der Waals surface area contributed by atoms with Gasteiger partial charge in [-0.25, -0.2) is 4.98 Å². The Bertz CT molecular complexity index is 1290. The Morgan fingerprint density at radius 1 is 1.12 bits per heavy atom. The molecule has 1 fully saturated rings. The molecular weight excluding hydrogens is 412 g/mol. The molecule has 0 aliphatic carbocycles. The second-order valence-corrected chi connectivity index (χ2v) is 7.42. The van der Waals surface area contributed by atoms with Crippen LogP contribution in [0.15, 0.2) is 65.3 Å². The number of amides is 1. The molecule has 2 N–H and O–H groups in total. The van der Waals surface area contributed by atoms with Crippen LogP contribution < -0.4 is 15.5 Å². The zero-order valence-corrected chi connectivity index (χ0v) is 17.0. The van der Waals surface area contributed by atoms with Crippen LogP contribution in [-0.4, -0.2) is 46.4 Å². The highest BCUT2D eigenvalue weighted by atomic mass is 16.6. The molecule has 10 nitrogen and oxygen atoms in total. The zero-order chi connectivity index (χ0) is 22.1. The highest BCUT2D eigenvalue weighted by molar-refractivity contribution is 6.02. The second-order valence-electron chi connectivity index (χ2n) is 7.42. The van der Waals surface area contributed by atoms with Gasteiger partial charge in [0.15, 0.2) is 5.76 Å². The lowest BCUT2D eigenvalue weighted by Gasteiger charge is -2.29. The van der Waals surface area contributed by atoms with E-state index in [9.17, 15) is 14.9 Å². The third-order valence-corrected chi connectivity index (χ3v) is 5.41. The lowest BCUT2D eigenvalue weighted by Crippen LogP contribution is -2.43. The van der Waals surface area contributed by atoms with Crippen molar-refractivity contribution in [2.45, 2.75) is 0 Å². The van der Waals surface area contributed by atoms with Crippen LogP contribution >= 0.6 is 0 Å². The minimum absolute atomic E-state index is 0.122. The molecule has 0 spiro atoms. The molecule has 5 rings (SSSR count). The number of carbonyl (C=O) groups excluding carboxylic acids is 1. The van der Waals surface area contributed by atoms with Crippen molar-refractivity contribution in [1.29, 1.82) is 0 Å². The first-order valence-electron chi connectivity index (χ1n) is 10.2. The lowest BCUT2D eigenvalue weighted by atomic mass is 10.1. The summed E-state index contributed by atoms with van der Waals surface area (Å²) in [5, 5.41) is 16.7. The van der Waals surface area contributed by atoms with E-state index in [2.05, 4.69) is 32.7 Å². The number of benzene rings is 1. The monoisotopic (exact) mass is 432 g/mol. The standard InChI is InChI=1S/C22H20N6O4/c29-22(19-5-6-21(32-19)28(30)31)25-16-3-1-15(2-4-16)18-14-24-20-13-17(7-10-27(18)20)26-11-8-23-9-12-26/h1-7,10,13-14,23H,8-9,11-12H2,(H,25,29). The number of anilines is 2. The number of carbonyl (C=O) groups is 1. The van der Waals surface area contributed by atoms with Crippen molar-refractivity contribution in [2.75, 3.05) is 36.4 Å². The van der Waals surface area contributed by atoms with Crippen molar-refractivity contribution in [2.24, 2.45) is 0 Å². The summed E-state index contributed by atoms with van der Waals surface area (Å²) in [4.78, 5) is 29.2. The van der Waals surface area contributed by atoms with E-state index in [-0.39, 0.29) is 5.76 Å². The molecule has 0 atom stereocenters. The van der Waals surface area contributed by atoms with Crippen LogP contribution in [0.3, 0.4) is 0 Å². The molecule has 1 amide bonds. The molecule has 0 unspecified atom stereocenters. The molecule has 0 saturated carbocycles. The van der Waals surface area contributed by atoms with Gasteiger partial charge in [0.05, 0.1) is 18.0 Å². The van der Waals surface area contributed by atoms with Gasteiger partial charge in [-0.1, -0.05) is 12.1 Å². The number of nitro groups is 1. The third kappa shape index (κ3) is 3.79. The summed E-state index contributed by atoms with van der Waals surface area (Å²) >= 11 is 0. The fourth-order valence-corrected chi connectivity index (χ4v) is 3.77. The van der Waals surface area contributed by atoms with Gasteiger partial charge >= 0.3 is 5.88 Å². The van der Waals surface area contributed by atoms with Gasteiger partial charge in [-0.2, -0.15) is 0 Å². The summed E-state index contributed by atoms with van der Waals surface area (Å²) in [5.74, 6) is -1.15. The second kappa shape index (κ2) is 8.16. The first-order valence-corrected chi connectivity index (χ1v) is 10.2. The van der Waals surface area contributed by atoms with Crippen molar-refractivity contribution < 1.29 is 14.1 Å². The number of hydrogen-bond donors (Lipinski definition) is 2. The van der Waals surface area contributed by atoms with E-state index in [1.165, 1.54) is 6.07 Å². The first-order chi connectivity index (χ1) is 15.6. The number of piperazine rings is 1. The molecule has 1 saturated heterocycles.